The third-order valence-electron chi connectivity index (χ3n) is 2.76. The molecular weight excluding hydrogens is 311 g/mol. The fourth-order valence-electron chi connectivity index (χ4n) is 1.75. The van der Waals surface area contributed by atoms with Gasteiger partial charge in [0.05, 0.1) is 6.26 Å². The van der Waals surface area contributed by atoms with E-state index in [-0.39, 0.29) is 12.1 Å². The molecule has 3 nitrogen and oxygen atoms in total. The molecule has 0 aliphatic rings. The lowest BCUT2D eigenvalue weighted by atomic mass is 10.1. The molecule has 0 radical (unpaired) electrons. The van der Waals surface area contributed by atoms with Crippen molar-refractivity contribution in [2.45, 2.75) is 33.8 Å². The summed E-state index contributed by atoms with van der Waals surface area (Å²) in [5.74, 6) is 0.0815. The van der Waals surface area contributed by atoms with Crippen LogP contribution < -0.4 is 0 Å². The van der Waals surface area contributed by atoms with E-state index in [1.807, 2.05) is 6.92 Å². The Morgan fingerprint density at radius 3 is 2.29 bits per heavy atom. The number of carbonyl (C=O) groups is 1. The largest absolute Gasteiger partial charge is 0.493 e. The molecule has 1 aromatic rings. The van der Waals surface area contributed by atoms with Crippen LogP contribution in [-0.4, -0.2) is 5.97 Å². The fraction of sp³-hybridized carbons (Fsp3) is 0.312. The molecule has 1 atom stereocenters. The van der Waals surface area contributed by atoms with Gasteiger partial charge < -0.3 is 9.47 Å². The number of rotatable bonds is 5. The molecule has 1 rings (SSSR count). The summed E-state index contributed by atoms with van der Waals surface area (Å²) in [5, 5.41) is 1.10. The molecule has 1 unspecified atom stereocenters. The predicted octanol–water partition coefficient (Wildman–Crippen LogP) is 5.44. The van der Waals surface area contributed by atoms with Crippen LogP contribution in [0.1, 0.15) is 39.4 Å². The number of hydrogen-bond donors (Lipinski definition) is 0. The first-order chi connectivity index (χ1) is 9.86. The molecule has 0 aromatic heterocycles. The zero-order valence-electron chi connectivity index (χ0n) is 12.4. The monoisotopic (exact) mass is 328 g/mol. The molecule has 114 valence electrons. The molecule has 0 bridgehead atoms. The van der Waals surface area contributed by atoms with Crippen molar-refractivity contribution in [2.75, 3.05) is 0 Å². The quantitative estimate of drug-likeness (QED) is 0.410. The minimum Gasteiger partial charge on any atom is -0.493 e. The molecule has 21 heavy (non-hydrogen) atoms. The highest BCUT2D eigenvalue weighted by Gasteiger charge is 2.14. The Morgan fingerprint density at radius 1 is 1.24 bits per heavy atom. The Hall–Kier alpha value is -1.45. The number of esters is 1. The second-order valence-electron chi connectivity index (χ2n) is 4.46. The van der Waals surface area contributed by atoms with Crippen molar-refractivity contribution in [3.05, 3.63) is 57.5 Å². The Morgan fingerprint density at radius 2 is 1.81 bits per heavy atom. The van der Waals surface area contributed by atoms with E-state index in [1.54, 1.807) is 38.1 Å². The molecule has 5 heteroatoms. The Kier molecular flexibility index (Phi) is 6.79. The first kappa shape index (κ1) is 17.6. The van der Waals surface area contributed by atoms with Crippen LogP contribution in [0.15, 0.2) is 41.9 Å². The standard InChI is InChI=1S/C16H18Cl2O3/c1-5-15(21-12(4)19)10(2)9-20-11(3)16-13(17)7-6-8-14(16)18/h5-9,11H,1-4H3/b10-9+,15-5-. The second-order valence-corrected chi connectivity index (χ2v) is 5.28. The molecule has 0 saturated heterocycles. The molecule has 0 amide bonds. The number of halogens is 2. The lowest BCUT2D eigenvalue weighted by molar-refractivity contribution is -0.136. The van der Waals surface area contributed by atoms with Crippen molar-refractivity contribution >= 4 is 29.2 Å². The van der Waals surface area contributed by atoms with Gasteiger partial charge in [0.2, 0.25) is 0 Å². The van der Waals surface area contributed by atoms with E-state index in [0.717, 1.165) is 5.56 Å². The fourth-order valence-corrected chi connectivity index (χ4v) is 2.46. The summed E-state index contributed by atoms with van der Waals surface area (Å²) < 4.78 is 10.7. The third kappa shape index (κ3) is 5.10. The predicted molar refractivity (Wildman–Crippen MR) is 85.2 cm³/mol. The minimum absolute atomic E-state index is 0.323. The summed E-state index contributed by atoms with van der Waals surface area (Å²) in [6, 6.07) is 5.30. The number of benzene rings is 1. The number of allylic oxidation sites excluding steroid dienone is 2. The van der Waals surface area contributed by atoms with Gasteiger partial charge in [-0.05, 0) is 39.0 Å². The summed E-state index contributed by atoms with van der Waals surface area (Å²) >= 11 is 12.3. The molecule has 1 aromatic carbocycles. The Bertz CT molecular complexity index is 557. The van der Waals surface area contributed by atoms with E-state index >= 15 is 0 Å². The zero-order valence-corrected chi connectivity index (χ0v) is 14.0. The first-order valence-electron chi connectivity index (χ1n) is 6.48. The highest BCUT2D eigenvalue weighted by atomic mass is 35.5. The van der Waals surface area contributed by atoms with Crippen molar-refractivity contribution < 1.29 is 14.3 Å². The van der Waals surface area contributed by atoms with Gasteiger partial charge in [-0.15, -0.1) is 0 Å². The van der Waals surface area contributed by atoms with Crippen LogP contribution >= 0.6 is 23.2 Å². The molecular formula is C16H18Cl2O3. The highest BCUT2D eigenvalue weighted by molar-refractivity contribution is 6.36. The Labute approximate surface area is 135 Å². The van der Waals surface area contributed by atoms with Gasteiger partial charge in [-0.3, -0.25) is 4.79 Å². The topological polar surface area (TPSA) is 35.5 Å². The summed E-state index contributed by atoms with van der Waals surface area (Å²) in [5.41, 5.74) is 1.42. The summed E-state index contributed by atoms with van der Waals surface area (Å²) in [6.07, 6.45) is 2.91. The average Bonchev–Trinajstić information content (AvgIpc) is 2.41. The van der Waals surface area contributed by atoms with Gasteiger partial charge in [0.15, 0.2) is 0 Å². The van der Waals surface area contributed by atoms with Gasteiger partial charge in [-0.25, -0.2) is 0 Å². The SMILES string of the molecule is C/C=C(OC(C)=O)/C(C)=C/OC(C)c1c(Cl)cccc1Cl. The zero-order chi connectivity index (χ0) is 16.0. The first-order valence-corrected chi connectivity index (χ1v) is 7.23. The van der Waals surface area contributed by atoms with Gasteiger partial charge in [-0.1, -0.05) is 29.3 Å². The maximum Gasteiger partial charge on any atom is 0.308 e. The minimum atomic E-state index is -0.377. The van der Waals surface area contributed by atoms with Crippen LogP contribution in [0, 0.1) is 0 Å². The molecule has 0 aliphatic heterocycles. The summed E-state index contributed by atoms with van der Waals surface area (Å²) in [4.78, 5) is 11.0. The second kappa shape index (κ2) is 8.11. The van der Waals surface area contributed by atoms with Crippen molar-refractivity contribution in [1.82, 2.24) is 0 Å². The average molecular weight is 329 g/mol. The molecule has 0 aliphatic carbocycles. The van der Waals surface area contributed by atoms with Crippen LogP contribution in [0.25, 0.3) is 0 Å². The highest BCUT2D eigenvalue weighted by Crippen LogP contribution is 2.32. The lowest BCUT2D eigenvalue weighted by Gasteiger charge is -2.16. The van der Waals surface area contributed by atoms with Crippen molar-refractivity contribution in [2.24, 2.45) is 0 Å². The van der Waals surface area contributed by atoms with Crippen molar-refractivity contribution in [1.29, 1.82) is 0 Å². The maximum absolute atomic E-state index is 11.0. The van der Waals surface area contributed by atoms with E-state index in [0.29, 0.717) is 21.4 Å². The van der Waals surface area contributed by atoms with Crippen LogP contribution in [-0.2, 0) is 14.3 Å². The van der Waals surface area contributed by atoms with Crippen LogP contribution in [0.3, 0.4) is 0 Å². The summed E-state index contributed by atoms with van der Waals surface area (Å²) in [6.45, 7) is 6.77. The van der Waals surface area contributed by atoms with Gasteiger partial charge in [0.25, 0.3) is 0 Å². The van der Waals surface area contributed by atoms with E-state index in [2.05, 4.69) is 0 Å². The number of ether oxygens (including phenoxy) is 2. The van der Waals surface area contributed by atoms with Crippen molar-refractivity contribution in [3.63, 3.8) is 0 Å². The molecule has 0 fully saturated rings. The van der Waals surface area contributed by atoms with E-state index in [9.17, 15) is 4.79 Å². The van der Waals surface area contributed by atoms with Crippen LogP contribution in [0.4, 0.5) is 0 Å². The third-order valence-corrected chi connectivity index (χ3v) is 3.42. The van der Waals surface area contributed by atoms with Gasteiger partial charge >= 0.3 is 5.97 Å². The summed E-state index contributed by atoms with van der Waals surface area (Å²) in [7, 11) is 0. The maximum atomic E-state index is 11.0. The molecule has 0 spiro atoms. The van der Waals surface area contributed by atoms with Gasteiger partial charge in [0.1, 0.15) is 11.9 Å². The normalized spacial score (nSPS) is 13.8. The molecule has 0 saturated carbocycles. The molecule has 0 heterocycles. The Balaban J connectivity index is 2.86. The molecule has 0 N–H and O–H groups in total. The van der Waals surface area contributed by atoms with E-state index in [4.69, 9.17) is 32.7 Å². The van der Waals surface area contributed by atoms with E-state index in [1.165, 1.54) is 13.2 Å². The number of carbonyl (C=O) groups excluding carboxylic acids is 1. The van der Waals surface area contributed by atoms with Crippen LogP contribution in [0.5, 0.6) is 0 Å². The lowest BCUT2D eigenvalue weighted by Crippen LogP contribution is -2.02. The van der Waals surface area contributed by atoms with Crippen molar-refractivity contribution in [3.8, 4) is 0 Å². The number of hydrogen-bond acceptors (Lipinski definition) is 3. The smallest absolute Gasteiger partial charge is 0.308 e. The van der Waals surface area contributed by atoms with Crippen LogP contribution in [0.2, 0.25) is 10.0 Å². The van der Waals surface area contributed by atoms with E-state index < -0.39 is 0 Å². The van der Waals surface area contributed by atoms with Gasteiger partial charge in [-0.2, -0.15) is 0 Å². The van der Waals surface area contributed by atoms with Gasteiger partial charge in [0, 0.05) is 28.1 Å².